The van der Waals surface area contributed by atoms with Gasteiger partial charge in [-0.2, -0.15) is 0 Å². The van der Waals surface area contributed by atoms with Gasteiger partial charge in [-0.05, 0) is 27.2 Å². The summed E-state index contributed by atoms with van der Waals surface area (Å²) in [5.74, 6) is -0.291. The van der Waals surface area contributed by atoms with Crippen molar-refractivity contribution in [1.29, 1.82) is 0 Å². The Morgan fingerprint density at radius 3 is 2.20 bits per heavy atom. The average molecular weight is 218 g/mol. The number of hydrogen-bond donors (Lipinski definition) is 2. The van der Waals surface area contributed by atoms with E-state index in [1.54, 1.807) is 27.7 Å². The van der Waals surface area contributed by atoms with Gasteiger partial charge >= 0.3 is 5.97 Å². The molecule has 0 rings (SSSR count). The molecule has 90 valence electrons. The van der Waals surface area contributed by atoms with Crippen LogP contribution < -0.4 is 0 Å². The highest BCUT2D eigenvalue weighted by Gasteiger charge is 2.23. The highest BCUT2D eigenvalue weighted by Crippen LogP contribution is 2.15. The lowest BCUT2D eigenvalue weighted by Crippen LogP contribution is -2.29. The SMILES string of the molecule is CC[C@@H](O)[C@@H](O)CCOC(=O)C(C)(C)C. The van der Waals surface area contributed by atoms with Crippen LogP contribution >= 0.6 is 0 Å². The molecule has 0 unspecified atom stereocenters. The standard InChI is InChI=1S/C11H22O4/c1-5-8(12)9(13)6-7-15-10(14)11(2,3)4/h8-9,12-13H,5-7H2,1-4H3/t8-,9+/m1/s1. The first-order valence-corrected chi connectivity index (χ1v) is 5.32. The zero-order chi connectivity index (χ0) is 12.1. The van der Waals surface area contributed by atoms with Crippen molar-refractivity contribution in [2.24, 2.45) is 5.41 Å². The lowest BCUT2D eigenvalue weighted by molar-refractivity contribution is -0.154. The molecule has 0 aromatic carbocycles. The van der Waals surface area contributed by atoms with Crippen molar-refractivity contribution in [3.8, 4) is 0 Å². The summed E-state index contributed by atoms with van der Waals surface area (Å²) in [5, 5.41) is 18.7. The second-order valence-corrected chi connectivity index (χ2v) is 4.72. The first kappa shape index (κ1) is 14.4. The Morgan fingerprint density at radius 2 is 1.80 bits per heavy atom. The molecule has 0 aromatic rings. The largest absolute Gasteiger partial charge is 0.465 e. The molecule has 0 aliphatic carbocycles. The molecule has 0 aliphatic heterocycles. The summed E-state index contributed by atoms with van der Waals surface area (Å²) >= 11 is 0. The highest BCUT2D eigenvalue weighted by molar-refractivity contribution is 5.75. The highest BCUT2D eigenvalue weighted by atomic mass is 16.5. The summed E-state index contributed by atoms with van der Waals surface area (Å²) in [5.41, 5.74) is -0.520. The van der Waals surface area contributed by atoms with E-state index in [0.717, 1.165) is 0 Å². The van der Waals surface area contributed by atoms with E-state index in [9.17, 15) is 15.0 Å². The maximum absolute atomic E-state index is 11.3. The molecule has 2 atom stereocenters. The zero-order valence-corrected chi connectivity index (χ0v) is 9.99. The first-order valence-electron chi connectivity index (χ1n) is 5.32. The molecule has 4 nitrogen and oxygen atoms in total. The topological polar surface area (TPSA) is 66.8 Å². The summed E-state index contributed by atoms with van der Waals surface area (Å²) in [6, 6.07) is 0. The number of aliphatic hydroxyl groups excluding tert-OH is 2. The predicted molar refractivity (Wildman–Crippen MR) is 57.3 cm³/mol. The molecule has 0 spiro atoms. The van der Waals surface area contributed by atoms with E-state index in [1.807, 2.05) is 0 Å². The fourth-order valence-corrected chi connectivity index (χ4v) is 0.953. The monoisotopic (exact) mass is 218 g/mol. The number of aliphatic hydroxyl groups is 2. The Hall–Kier alpha value is -0.610. The van der Waals surface area contributed by atoms with E-state index >= 15 is 0 Å². The zero-order valence-electron chi connectivity index (χ0n) is 9.99. The maximum Gasteiger partial charge on any atom is 0.311 e. The summed E-state index contributed by atoms with van der Waals surface area (Å²) in [6.07, 6.45) is -0.785. The molecule has 2 N–H and O–H groups in total. The molecule has 0 aliphatic rings. The van der Waals surface area contributed by atoms with Gasteiger partial charge in [0.2, 0.25) is 0 Å². The Labute approximate surface area is 91.3 Å². The number of ether oxygens (including phenoxy) is 1. The molecule has 0 radical (unpaired) electrons. The van der Waals surface area contributed by atoms with Crippen molar-refractivity contribution < 1.29 is 19.7 Å². The van der Waals surface area contributed by atoms with Crippen LogP contribution in [0.1, 0.15) is 40.5 Å². The van der Waals surface area contributed by atoms with Crippen molar-refractivity contribution in [2.75, 3.05) is 6.61 Å². The fourth-order valence-electron chi connectivity index (χ4n) is 0.953. The molecule has 4 heteroatoms. The number of carbonyl (C=O) groups is 1. The van der Waals surface area contributed by atoms with Crippen molar-refractivity contribution in [1.82, 2.24) is 0 Å². The Bertz CT molecular complexity index is 195. The third-order valence-corrected chi connectivity index (χ3v) is 2.12. The lowest BCUT2D eigenvalue weighted by Gasteiger charge is -2.19. The number of hydrogen-bond acceptors (Lipinski definition) is 4. The van der Waals surface area contributed by atoms with Crippen LogP contribution in [0.4, 0.5) is 0 Å². The van der Waals surface area contributed by atoms with E-state index in [2.05, 4.69) is 0 Å². The van der Waals surface area contributed by atoms with E-state index < -0.39 is 17.6 Å². The minimum atomic E-state index is -0.817. The quantitative estimate of drug-likeness (QED) is 0.678. The fraction of sp³-hybridized carbons (Fsp3) is 0.909. The second-order valence-electron chi connectivity index (χ2n) is 4.72. The van der Waals surface area contributed by atoms with Crippen molar-refractivity contribution in [2.45, 2.75) is 52.7 Å². The Kier molecular flexibility index (Phi) is 5.83. The van der Waals surface area contributed by atoms with Gasteiger partial charge in [0.15, 0.2) is 0 Å². The van der Waals surface area contributed by atoms with Crippen LogP contribution in [-0.4, -0.2) is 35.0 Å². The van der Waals surface area contributed by atoms with Crippen LogP contribution in [0.25, 0.3) is 0 Å². The van der Waals surface area contributed by atoms with E-state index in [0.29, 0.717) is 6.42 Å². The van der Waals surface area contributed by atoms with Crippen molar-refractivity contribution >= 4 is 5.97 Å². The van der Waals surface area contributed by atoms with Gasteiger partial charge in [0, 0.05) is 6.42 Å². The minimum absolute atomic E-state index is 0.147. The molecule has 0 heterocycles. The van der Waals surface area contributed by atoms with Crippen LogP contribution in [0.2, 0.25) is 0 Å². The van der Waals surface area contributed by atoms with E-state index in [4.69, 9.17) is 4.74 Å². The van der Waals surface area contributed by atoms with E-state index in [1.165, 1.54) is 0 Å². The van der Waals surface area contributed by atoms with Gasteiger partial charge < -0.3 is 14.9 Å². The van der Waals surface area contributed by atoms with Gasteiger partial charge in [0.05, 0.1) is 24.2 Å². The summed E-state index contributed by atoms with van der Waals surface area (Å²) in [6.45, 7) is 7.25. The molecule has 0 aromatic heterocycles. The molecule has 0 saturated heterocycles. The molecule has 0 amide bonds. The van der Waals surface area contributed by atoms with Gasteiger partial charge in [0.1, 0.15) is 0 Å². The summed E-state index contributed by atoms with van der Waals surface area (Å²) in [7, 11) is 0. The van der Waals surface area contributed by atoms with Crippen molar-refractivity contribution in [3.05, 3.63) is 0 Å². The smallest absolute Gasteiger partial charge is 0.311 e. The number of esters is 1. The van der Waals surface area contributed by atoms with Gasteiger partial charge in [-0.15, -0.1) is 0 Å². The van der Waals surface area contributed by atoms with Crippen LogP contribution in [0.5, 0.6) is 0 Å². The molecule has 0 bridgehead atoms. The van der Waals surface area contributed by atoms with Crippen LogP contribution in [0, 0.1) is 5.41 Å². The third kappa shape index (κ3) is 5.74. The lowest BCUT2D eigenvalue weighted by atomic mass is 9.97. The molecular weight excluding hydrogens is 196 g/mol. The number of rotatable bonds is 5. The first-order chi connectivity index (χ1) is 6.79. The maximum atomic E-state index is 11.3. The van der Waals surface area contributed by atoms with Crippen LogP contribution in [0.3, 0.4) is 0 Å². The third-order valence-electron chi connectivity index (χ3n) is 2.12. The predicted octanol–water partition coefficient (Wildman–Crippen LogP) is 1.10. The minimum Gasteiger partial charge on any atom is -0.465 e. The molecular formula is C11H22O4. The average Bonchev–Trinajstić information content (AvgIpc) is 2.14. The molecule has 0 saturated carbocycles. The van der Waals surface area contributed by atoms with Crippen molar-refractivity contribution in [3.63, 3.8) is 0 Å². The van der Waals surface area contributed by atoms with Crippen LogP contribution in [-0.2, 0) is 9.53 Å². The molecule has 0 fully saturated rings. The second kappa shape index (κ2) is 6.08. The number of carbonyl (C=O) groups excluding carboxylic acids is 1. The van der Waals surface area contributed by atoms with Gasteiger partial charge in [-0.1, -0.05) is 6.92 Å². The Balaban J connectivity index is 3.76. The summed E-state index contributed by atoms with van der Waals surface area (Å²) in [4.78, 5) is 11.3. The molecule has 15 heavy (non-hydrogen) atoms. The normalized spacial score (nSPS) is 15.9. The van der Waals surface area contributed by atoms with E-state index in [-0.39, 0.29) is 19.0 Å². The Morgan fingerprint density at radius 1 is 1.27 bits per heavy atom. The van der Waals surface area contributed by atoms with Crippen LogP contribution in [0.15, 0.2) is 0 Å². The summed E-state index contributed by atoms with van der Waals surface area (Å²) < 4.78 is 4.96. The van der Waals surface area contributed by atoms with Gasteiger partial charge in [-0.3, -0.25) is 4.79 Å². The van der Waals surface area contributed by atoms with Gasteiger partial charge in [0.25, 0.3) is 0 Å². The van der Waals surface area contributed by atoms with Gasteiger partial charge in [-0.25, -0.2) is 0 Å².